The lowest BCUT2D eigenvalue weighted by Crippen LogP contribution is -2.49. The van der Waals surface area contributed by atoms with E-state index in [2.05, 4.69) is 15.4 Å². The van der Waals surface area contributed by atoms with Crippen molar-refractivity contribution in [3.05, 3.63) is 0 Å². The van der Waals surface area contributed by atoms with Crippen molar-refractivity contribution in [2.24, 2.45) is 0 Å². The van der Waals surface area contributed by atoms with E-state index in [0.717, 1.165) is 12.8 Å². The highest BCUT2D eigenvalue weighted by Gasteiger charge is 2.35. The molecule has 2 fully saturated rings. The summed E-state index contributed by atoms with van der Waals surface area (Å²) in [7, 11) is 1.94. The Labute approximate surface area is 113 Å². The summed E-state index contributed by atoms with van der Waals surface area (Å²) in [5.41, 5.74) is 0. The molecular weight excluding hydrogens is 246 g/mol. The van der Waals surface area contributed by atoms with Gasteiger partial charge in [0.05, 0.1) is 13.2 Å². The zero-order valence-electron chi connectivity index (χ0n) is 11.6. The molecule has 0 aromatic heterocycles. The van der Waals surface area contributed by atoms with E-state index in [0.29, 0.717) is 18.1 Å². The third-order valence-corrected chi connectivity index (χ3v) is 3.98. The number of ether oxygens (including phenoxy) is 1. The molecule has 2 saturated heterocycles. The Kier molecular flexibility index (Phi) is 4.76. The molecular formula is C13H23N3O3. The van der Waals surface area contributed by atoms with Crippen molar-refractivity contribution in [1.82, 2.24) is 15.5 Å². The van der Waals surface area contributed by atoms with E-state index >= 15 is 0 Å². The Morgan fingerprint density at radius 2 is 1.95 bits per heavy atom. The molecule has 0 saturated carbocycles. The number of piperidine rings is 1. The molecule has 2 atom stereocenters. The second kappa shape index (κ2) is 6.34. The van der Waals surface area contributed by atoms with Gasteiger partial charge in [0, 0.05) is 18.1 Å². The van der Waals surface area contributed by atoms with Gasteiger partial charge in [0.1, 0.15) is 0 Å². The van der Waals surface area contributed by atoms with Crippen LogP contribution in [0.2, 0.25) is 0 Å². The zero-order chi connectivity index (χ0) is 13.8. The summed E-state index contributed by atoms with van der Waals surface area (Å²) >= 11 is 0. The summed E-state index contributed by atoms with van der Waals surface area (Å²) in [6, 6.07) is 1.62. The second-order valence-corrected chi connectivity index (χ2v) is 5.45. The van der Waals surface area contributed by atoms with Gasteiger partial charge in [-0.2, -0.15) is 0 Å². The fourth-order valence-corrected chi connectivity index (χ4v) is 3.06. The first kappa shape index (κ1) is 14.3. The predicted molar refractivity (Wildman–Crippen MR) is 70.8 cm³/mol. The lowest BCUT2D eigenvalue weighted by Gasteiger charge is -2.35. The molecule has 2 rings (SSSR count). The summed E-state index contributed by atoms with van der Waals surface area (Å²) in [4.78, 5) is 24.9. The highest BCUT2D eigenvalue weighted by atomic mass is 16.5. The van der Waals surface area contributed by atoms with E-state index in [1.165, 1.54) is 12.8 Å². The first-order valence-electron chi connectivity index (χ1n) is 7.01. The van der Waals surface area contributed by atoms with Crippen molar-refractivity contribution in [1.29, 1.82) is 0 Å². The van der Waals surface area contributed by atoms with Crippen LogP contribution in [0.25, 0.3) is 0 Å². The molecule has 2 heterocycles. The van der Waals surface area contributed by atoms with Crippen molar-refractivity contribution in [3.63, 3.8) is 0 Å². The Morgan fingerprint density at radius 1 is 1.32 bits per heavy atom. The molecule has 0 aliphatic carbocycles. The molecule has 108 valence electrons. The minimum atomic E-state index is -0.661. The van der Waals surface area contributed by atoms with Crippen LogP contribution in [0.3, 0.4) is 0 Å². The van der Waals surface area contributed by atoms with Crippen LogP contribution in [0.1, 0.15) is 32.6 Å². The first-order valence-corrected chi connectivity index (χ1v) is 7.01. The smallest absolute Gasteiger partial charge is 0.413 e. The lowest BCUT2D eigenvalue weighted by atomic mass is 9.98. The van der Waals surface area contributed by atoms with Gasteiger partial charge in [-0.05, 0) is 39.7 Å². The largest absolute Gasteiger partial charge is 0.450 e. The van der Waals surface area contributed by atoms with Gasteiger partial charge in [0.15, 0.2) is 0 Å². The topological polar surface area (TPSA) is 70.7 Å². The number of alkyl carbamates (subject to hydrolysis) is 1. The molecule has 6 nitrogen and oxygen atoms in total. The number of hydrogen-bond donors (Lipinski definition) is 2. The summed E-state index contributed by atoms with van der Waals surface area (Å²) in [6.07, 6.45) is 3.99. The minimum absolute atomic E-state index is 0.239. The van der Waals surface area contributed by atoms with Gasteiger partial charge >= 0.3 is 6.09 Å². The van der Waals surface area contributed by atoms with E-state index in [4.69, 9.17) is 0 Å². The lowest BCUT2D eigenvalue weighted by molar-refractivity contribution is -0.122. The van der Waals surface area contributed by atoms with Gasteiger partial charge in [0.25, 0.3) is 0 Å². The molecule has 2 aliphatic rings. The molecule has 2 bridgehead atoms. The van der Waals surface area contributed by atoms with Crippen molar-refractivity contribution in [2.45, 2.75) is 50.7 Å². The van der Waals surface area contributed by atoms with E-state index in [-0.39, 0.29) is 19.1 Å². The number of nitrogens with one attached hydrogen (secondary N) is 2. The monoisotopic (exact) mass is 269 g/mol. The molecule has 19 heavy (non-hydrogen) atoms. The highest BCUT2D eigenvalue weighted by molar-refractivity contribution is 5.92. The van der Waals surface area contributed by atoms with Gasteiger partial charge in [-0.25, -0.2) is 4.79 Å². The van der Waals surface area contributed by atoms with Crippen molar-refractivity contribution in [2.75, 3.05) is 20.2 Å². The fraction of sp³-hybridized carbons (Fsp3) is 0.846. The Morgan fingerprint density at radius 3 is 2.53 bits per heavy atom. The predicted octanol–water partition coefficient (Wildman–Crippen LogP) is 0.474. The van der Waals surface area contributed by atoms with E-state index < -0.39 is 6.09 Å². The molecule has 0 radical (unpaired) electrons. The Bertz CT molecular complexity index is 336. The van der Waals surface area contributed by atoms with Crippen molar-refractivity contribution in [3.8, 4) is 0 Å². The maximum atomic E-state index is 11.7. The Balaban J connectivity index is 1.75. The number of fused-ring (bicyclic) bond motifs is 2. The minimum Gasteiger partial charge on any atom is -0.450 e. The number of amides is 2. The van der Waals surface area contributed by atoms with Crippen LogP contribution in [0.4, 0.5) is 4.79 Å². The molecule has 0 aromatic carbocycles. The third-order valence-electron chi connectivity index (χ3n) is 3.98. The molecule has 2 N–H and O–H groups in total. The second-order valence-electron chi connectivity index (χ2n) is 5.45. The number of likely N-dealkylation sites (N-methyl/N-ethyl adjacent to an activating group) is 1. The van der Waals surface area contributed by atoms with E-state index in [9.17, 15) is 9.59 Å². The third kappa shape index (κ3) is 3.91. The standard InChI is InChI=1S/C13H23N3O3/c1-3-19-13(18)15-12(17)8-16(2)11-6-9-4-5-10(7-11)14-9/h9-11,14H,3-8H2,1-2H3,(H,15,17,18). The van der Waals surface area contributed by atoms with Crippen molar-refractivity contribution >= 4 is 12.0 Å². The number of imide groups is 1. The van der Waals surface area contributed by atoms with Crippen LogP contribution < -0.4 is 10.6 Å². The van der Waals surface area contributed by atoms with Gasteiger partial charge in [-0.1, -0.05) is 0 Å². The van der Waals surface area contributed by atoms with Gasteiger partial charge < -0.3 is 10.1 Å². The average molecular weight is 269 g/mol. The normalized spacial score (nSPS) is 29.3. The Hall–Kier alpha value is -1.14. The van der Waals surface area contributed by atoms with Gasteiger partial charge in [0.2, 0.25) is 5.91 Å². The van der Waals surface area contributed by atoms with Crippen LogP contribution in [0, 0.1) is 0 Å². The van der Waals surface area contributed by atoms with Crippen LogP contribution in [0.5, 0.6) is 0 Å². The quantitative estimate of drug-likeness (QED) is 0.776. The SMILES string of the molecule is CCOC(=O)NC(=O)CN(C)C1CC2CCC(C1)N2. The van der Waals surface area contributed by atoms with Crippen molar-refractivity contribution < 1.29 is 14.3 Å². The number of rotatable bonds is 4. The van der Waals surface area contributed by atoms with E-state index in [1.807, 2.05) is 11.9 Å². The zero-order valence-corrected chi connectivity index (χ0v) is 11.6. The molecule has 6 heteroatoms. The molecule has 2 amide bonds. The van der Waals surface area contributed by atoms with Gasteiger partial charge in [-0.3, -0.25) is 15.0 Å². The van der Waals surface area contributed by atoms with Gasteiger partial charge in [-0.15, -0.1) is 0 Å². The summed E-state index contributed by atoms with van der Waals surface area (Å²) in [6.45, 7) is 2.22. The summed E-state index contributed by atoms with van der Waals surface area (Å²) < 4.78 is 4.68. The molecule has 0 spiro atoms. The number of nitrogens with zero attached hydrogens (tertiary/aromatic N) is 1. The van der Waals surface area contributed by atoms with E-state index in [1.54, 1.807) is 6.92 Å². The summed E-state index contributed by atoms with van der Waals surface area (Å²) in [5.74, 6) is -0.299. The number of carbonyl (C=O) groups excluding carboxylic acids is 2. The maximum Gasteiger partial charge on any atom is 0.413 e. The molecule has 0 aromatic rings. The molecule has 2 aliphatic heterocycles. The maximum absolute atomic E-state index is 11.7. The van der Waals surface area contributed by atoms with Crippen LogP contribution in [0.15, 0.2) is 0 Å². The highest BCUT2D eigenvalue weighted by Crippen LogP contribution is 2.28. The average Bonchev–Trinajstić information content (AvgIpc) is 2.68. The van der Waals surface area contributed by atoms with Crippen LogP contribution >= 0.6 is 0 Å². The van der Waals surface area contributed by atoms with Crippen LogP contribution in [-0.2, 0) is 9.53 Å². The first-order chi connectivity index (χ1) is 9.08. The number of hydrogen-bond acceptors (Lipinski definition) is 5. The summed E-state index contributed by atoms with van der Waals surface area (Å²) in [5, 5.41) is 5.81. The fourth-order valence-electron chi connectivity index (χ4n) is 3.06. The van der Waals surface area contributed by atoms with Crippen LogP contribution in [-0.4, -0.2) is 55.2 Å². The number of carbonyl (C=O) groups is 2. The molecule has 2 unspecified atom stereocenters.